The van der Waals surface area contributed by atoms with Gasteiger partial charge in [-0.3, -0.25) is 9.69 Å². The molecule has 1 amide bonds. The Morgan fingerprint density at radius 2 is 1.79 bits per heavy atom. The molecule has 0 radical (unpaired) electrons. The molecule has 0 bridgehead atoms. The number of carbonyl (C=O) groups is 1. The highest BCUT2D eigenvalue weighted by molar-refractivity contribution is 5.94. The summed E-state index contributed by atoms with van der Waals surface area (Å²) in [5.74, 6) is 1.16. The Hall–Kier alpha value is -2.47. The molecule has 1 fully saturated rings. The highest BCUT2D eigenvalue weighted by Crippen LogP contribution is 2.27. The van der Waals surface area contributed by atoms with Crippen LogP contribution in [0.25, 0.3) is 0 Å². The van der Waals surface area contributed by atoms with Crippen molar-refractivity contribution in [1.29, 1.82) is 0 Å². The van der Waals surface area contributed by atoms with E-state index >= 15 is 0 Å². The van der Waals surface area contributed by atoms with Crippen LogP contribution in [0.1, 0.15) is 47.8 Å². The lowest BCUT2D eigenvalue weighted by Crippen LogP contribution is -2.47. The van der Waals surface area contributed by atoms with Crippen molar-refractivity contribution in [3.8, 4) is 0 Å². The van der Waals surface area contributed by atoms with E-state index in [9.17, 15) is 4.79 Å². The minimum Gasteiger partial charge on any atom is -0.354 e. The number of anilines is 1. The van der Waals surface area contributed by atoms with Gasteiger partial charge >= 0.3 is 0 Å². The second kappa shape index (κ2) is 9.35. The zero-order valence-electron chi connectivity index (χ0n) is 17.4. The Bertz CT molecular complexity index is 817. The third kappa shape index (κ3) is 4.58. The van der Waals surface area contributed by atoms with E-state index < -0.39 is 0 Å². The number of carbonyl (C=O) groups excluding carboxylic acids is 1. The van der Waals surface area contributed by atoms with Gasteiger partial charge in [0.1, 0.15) is 12.1 Å². The average Bonchev–Trinajstić information content (AvgIpc) is 2.79. The molecular formula is C23H31N5O. The first-order valence-corrected chi connectivity index (χ1v) is 10.9. The van der Waals surface area contributed by atoms with Crippen molar-refractivity contribution in [2.45, 2.75) is 39.2 Å². The monoisotopic (exact) mass is 393 g/mol. The minimum atomic E-state index is 0.0807. The Morgan fingerprint density at radius 1 is 1.00 bits per heavy atom. The zero-order valence-corrected chi connectivity index (χ0v) is 17.4. The van der Waals surface area contributed by atoms with Gasteiger partial charge in [0.05, 0.1) is 12.2 Å². The highest BCUT2D eigenvalue weighted by Gasteiger charge is 2.27. The third-order valence-electron chi connectivity index (χ3n) is 6.04. The molecule has 154 valence electrons. The number of amides is 1. The number of nitrogens with zero attached hydrogens (tertiary/aromatic N) is 5. The van der Waals surface area contributed by atoms with Crippen LogP contribution in [0.15, 0.2) is 36.7 Å². The van der Waals surface area contributed by atoms with Crippen molar-refractivity contribution in [2.24, 2.45) is 0 Å². The Labute approximate surface area is 173 Å². The van der Waals surface area contributed by atoms with Gasteiger partial charge in [0.25, 0.3) is 5.91 Å². The van der Waals surface area contributed by atoms with Crippen LogP contribution in [-0.4, -0.2) is 64.9 Å². The quantitative estimate of drug-likeness (QED) is 0.706. The van der Waals surface area contributed by atoms with Crippen LogP contribution >= 0.6 is 0 Å². The fourth-order valence-corrected chi connectivity index (χ4v) is 4.31. The van der Waals surface area contributed by atoms with Crippen molar-refractivity contribution in [3.05, 3.63) is 53.5 Å². The molecule has 29 heavy (non-hydrogen) atoms. The summed E-state index contributed by atoms with van der Waals surface area (Å²) in [6.07, 6.45) is 6.37. The number of unbranched alkanes of at least 4 members (excludes halogenated alkanes) is 2. The van der Waals surface area contributed by atoms with Crippen molar-refractivity contribution in [1.82, 2.24) is 19.8 Å². The first-order chi connectivity index (χ1) is 14.3. The lowest BCUT2D eigenvalue weighted by molar-refractivity contribution is 0.0731. The molecule has 2 aromatic rings. The summed E-state index contributed by atoms with van der Waals surface area (Å²) >= 11 is 0. The van der Waals surface area contributed by atoms with Gasteiger partial charge < -0.3 is 9.80 Å². The normalized spacial score (nSPS) is 17.3. The summed E-state index contributed by atoms with van der Waals surface area (Å²) in [6.45, 7) is 8.98. The van der Waals surface area contributed by atoms with Crippen LogP contribution in [0.5, 0.6) is 0 Å². The maximum absolute atomic E-state index is 12.8. The third-order valence-corrected chi connectivity index (χ3v) is 6.04. The summed E-state index contributed by atoms with van der Waals surface area (Å²) in [5.41, 5.74) is 2.96. The van der Waals surface area contributed by atoms with Gasteiger partial charge in [-0.2, -0.15) is 0 Å². The van der Waals surface area contributed by atoms with Gasteiger partial charge in [-0.15, -0.1) is 0 Å². The number of hydrogen-bond donors (Lipinski definition) is 0. The number of piperazine rings is 1. The van der Waals surface area contributed by atoms with E-state index in [1.54, 1.807) is 6.33 Å². The van der Waals surface area contributed by atoms with Gasteiger partial charge in [-0.05, 0) is 31.5 Å². The molecule has 0 atom stereocenters. The maximum Gasteiger partial charge on any atom is 0.254 e. The van der Waals surface area contributed by atoms with E-state index in [1.807, 2.05) is 35.2 Å². The Morgan fingerprint density at radius 3 is 2.55 bits per heavy atom. The predicted octanol–water partition coefficient (Wildman–Crippen LogP) is 2.99. The summed E-state index contributed by atoms with van der Waals surface area (Å²) < 4.78 is 0. The minimum absolute atomic E-state index is 0.0807. The van der Waals surface area contributed by atoms with E-state index in [4.69, 9.17) is 0 Å². The molecule has 1 saturated heterocycles. The standard InChI is InChI=1S/C23H31N5O/c1-2-3-7-11-26-13-15-27(16-14-26)22-20-10-12-28(17-21(20)24-18-25-22)23(29)19-8-5-4-6-9-19/h4-6,8-9,18H,2-3,7,10-17H2,1H3. The fraction of sp³-hybridized carbons (Fsp3) is 0.522. The van der Waals surface area contributed by atoms with Gasteiger partial charge in [0.15, 0.2) is 0 Å². The Kier molecular flexibility index (Phi) is 6.39. The summed E-state index contributed by atoms with van der Waals surface area (Å²) in [7, 11) is 0. The van der Waals surface area contributed by atoms with Gasteiger partial charge in [0.2, 0.25) is 0 Å². The molecule has 1 aromatic heterocycles. The number of fused-ring (bicyclic) bond motifs is 1. The number of hydrogen-bond acceptors (Lipinski definition) is 5. The topological polar surface area (TPSA) is 52.6 Å². The molecule has 0 spiro atoms. The van der Waals surface area contributed by atoms with Crippen molar-refractivity contribution >= 4 is 11.7 Å². The van der Waals surface area contributed by atoms with Crippen LogP contribution in [0.2, 0.25) is 0 Å². The van der Waals surface area contributed by atoms with Crippen LogP contribution in [0.3, 0.4) is 0 Å². The van der Waals surface area contributed by atoms with Crippen LogP contribution in [0, 0.1) is 0 Å². The molecule has 6 nitrogen and oxygen atoms in total. The zero-order chi connectivity index (χ0) is 20.1. The number of benzene rings is 1. The van der Waals surface area contributed by atoms with Gasteiger partial charge in [-0.1, -0.05) is 38.0 Å². The van der Waals surface area contributed by atoms with Crippen molar-refractivity contribution in [2.75, 3.05) is 44.2 Å². The summed E-state index contributed by atoms with van der Waals surface area (Å²) in [5, 5.41) is 0. The van der Waals surface area contributed by atoms with Crippen molar-refractivity contribution < 1.29 is 4.79 Å². The highest BCUT2D eigenvalue weighted by atomic mass is 16.2. The van der Waals surface area contributed by atoms with Gasteiger partial charge in [0, 0.05) is 43.9 Å². The second-order valence-corrected chi connectivity index (χ2v) is 8.00. The predicted molar refractivity (Wildman–Crippen MR) is 115 cm³/mol. The number of aromatic nitrogens is 2. The smallest absolute Gasteiger partial charge is 0.254 e. The lowest BCUT2D eigenvalue weighted by atomic mass is 10.0. The fourth-order valence-electron chi connectivity index (χ4n) is 4.31. The molecule has 6 heteroatoms. The SMILES string of the molecule is CCCCCN1CCN(c2ncnc3c2CCN(C(=O)c2ccccc2)C3)CC1. The molecule has 4 rings (SSSR count). The van der Waals surface area contributed by atoms with Crippen LogP contribution in [-0.2, 0) is 13.0 Å². The van der Waals surface area contributed by atoms with Gasteiger partial charge in [-0.25, -0.2) is 9.97 Å². The maximum atomic E-state index is 12.8. The van der Waals surface area contributed by atoms with E-state index in [0.717, 1.165) is 56.2 Å². The molecule has 0 saturated carbocycles. The molecular weight excluding hydrogens is 362 g/mol. The number of rotatable bonds is 6. The van der Waals surface area contributed by atoms with E-state index in [-0.39, 0.29) is 5.91 Å². The first-order valence-electron chi connectivity index (χ1n) is 10.9. The Balaban J connectivity index is 1.41. The summed E-state index contributed by atoms with van der Waals surface area (Å²) in [4.78, 5) is 28.8. The van der Waals surface area contributed by atoms with E-state index in [2.05, 4.69) is 26.7 Å². The molecule has 2 aliphatic heterocycles. The average molecular weight is 394 g/mol. The van der Waals surface area contributed by atoms with Crippen molar-refractivity contribution in [3.63, 3.8) is 0 Å². The molecule has 1 aromatic carbocycles. The largest absolute Gasteiger partial charge is 0.354 e. The second-order valence-electron chi connectivity index (χ2n) is 8.00. The molecule has 0 N–H and O–H groups in total. The molecule has 3 heterocycles. The molecule has 0 unspecified atom stereocenters. The summed E-state index contributed by atoms with van der Waals surface area (Å²) in [6, 6.07) is 9.51. The molecule has 0 aliphatic carbocycles. The van der Waals surface area contributed by atoms with E-state index in [1.165, 1.54) is 31.4 Å². The lowest BCUT2D eigenvalue weighted by Gasteiger charge is -2.37. The van der Waals surface area contributed by atoms with Crippen LogP contribution in [0.4, 0.5) is 5.82 Å². The van der Waals surface area contributed by atoms with E-state index in [0.29, 0.717) is 6.54 Å². The first kappa shape index (κ1) is 19.8. The van der Waals surface area contributed by atoms with Crippen LogP contribution < -0.4 is 4.90 Å². The molecule has 2 aliphatic rings.